The molecule has 1 aliphatic heterocycles. The lowest BCUT2D eigenvalue weighted by Gasteiger charge is -2.22. The summed E-state index contributed by atoms with van der Waals surface area (Å²) in [7, 11) is 2.03. The predicted octanol–water partition coefficient (Wildman–Crippen LogP) is 4.39. The van der Waals surface area contributed by atoms with E-state index in [1.54, 1.807) is 29.7 Å². The number of nitrogens with one attached hydrogen (secondary N) is 4. The van der Waals surface area contributed by atoms with Gasteiger partial charge in [-0.1, -0.05) is 29.0 Å². The van der Waals surface area contributed by atoms with Crippen LogP contribution >= 0.6 is 22.9 Å². The molecule has 1 amide bonds. The summed E-state index contributed by atoms with van der Waals surface area (Å²) in [6.07, 6.45) is 3.73. The number of thiazole rings is 1. The van der Waals surface area contributed by atoms with Crippen molar-refractivity contribution in [1.82, 2.24) is 20.6 Å². The van der Waals surface area contributed by atoms with Gasteiger partial charge in [-0.2, -0.15) is 9.55 Å². The summed E-state index contributed by atoms with van der Waals surface area (Å²) in [6, 6.07) is 13.4. The number of rotatable bonds is 7. The highest BCUT2D eigenvalue weighted by molar-refractivity contribution is 7.16. The van der Waals surface area contributed by atoms with Crippen molar-refractivity contribution < 1.29 is 9.36 Å². The van der Waals surface area contributed by atoms with Gasteiger partial charge >= 0.3 is 0 Å². The second-order valence-electron chi connectivity index (χ2n) is 8.64. The molecule has 0 atom stereocenters. The summed E-state index contributed by atoms with van der Waals surface area (Å²) in [5, 5.41) is 13.3. The first-order chi connectivity index (χ1) is 17.0. The number of nitrogens with zero attached hydrogens (tertiary/aromatic N) is 3. The fourth-order valence-corrected chi connectivity index (χ4v) is 5.17. The number of hydrogen-bond acceptors (Lipinski definition) is 7. The van der Waals surface area contributed by atoms with Gasteiger partial charge in [0.2, 0.25) is 17.0 Å². The number of hydrogen-bond donors (Lipinski definition) is 4. The van der Waals surface area contributed by atoms with Crippen LogP contribution in [-0.2, 0) is 7.05 Å². The lowest BCUT2D eigenvalue weighted by molar-refractivity contribution is -0.640. The first kappa shape index (κ1) is 23.5. The first-order valence-electron chi connectivity index (χ1n) is 11.6. The molecule has 1 saturated heterocycles. The molecule has 1 fully saturated rings. The smallest absolute Gasteiger partial charge is 0.251 e. The fourth-order valence-electron chi connectivity index (χ4n) is 4.11. The van der Waals surface area contributed by atoms with Gasteiger partial charge in [-0.15, -0.1) is 0 Å². The van der Waals surface area contributed by atoms with Gasteiger partial charge in [0.05, 0.1) is 6.20 Å². The molecule has 0 unspecified atom stereocenters. The van der Waals surface area contributed by atoms with Gasteiger partial charge < -0.3 is 21.3 Å². The molecular weight excluding hydrogens is 482 g/mol. The number of anilines is 4. The van der Waals surface area contributed by atoms with Crippen LogP contribution in [0.5, 0.6) is 0 Å². The maximum Gasteiger partial charge on any atom is 0.251 e. The molecule has 2 aromatic heterocycles. The summed E-state index contributed by atoms with van der Waals surface area (Å²) in [6.45, 7) is 2.72. The molecule has 0 saturated carbocycles. The minimum atomic E-state index is -0.0797. The third-order valence-electron chi connectivity index (χ3n) is 6.08. The van der Waals surface area contributed by atoms with Gasteiger partial charge in [-0.25, -0.2) is 4.98 Å². The molecular formula is C25H27ClN7OS+. The molecule has 2 aromatic carbocycles. The SMILES string of the molecule is C[n+]1csc2cc(Nc3nc(Nc4cccc(C(=O)NCC5CCNCC5)c4)ncc3Cl)ccc21. The average Bonchev–Trinajstić information content (AvgIpc) is 3.25. The van der Waals surface area contributed by atoms with Crippen LogP contribution in [0.2, 0.25) is 5.02 Å². The lowest BCUT2D eigenvalue weighted by Crippen LogP contribution is -2.35. The molecule has 0 bridgehead atoms. The number of amides is 1. The Morgan fingerprint density at radius 3 is 2.86 bits per heavy atom. The Morgan fingerprint density at radius 2 is 2.00 bits per heavy atom. The minimum absolute atomic E-state index is 0.0797. The van der Waals surface area contributed by atoms with Crippen molar-refractivity contribution in [2.75, 3.05) is 30.3 Å². The molecule has 0 spiro atoms. The highest BCUT2D eigenvalue weighted by atomic mass is 35.5. The van der Waals surface area contributed by atoms with E-state index in [4.69, 9.17) is 11.6 Å². The van der Waals surface area contributed by atoms with Crippen molar-refractivity contribution in [3.8, 4) is 0 Å². The molecule has 180 valence electrons. The largest absolute Gasteiger partial charge is 0.352 e. The minimum Gasteiger partial charge on any atom is -0.352 e. The summed E-state index contributed by atoms with van der Waals surface area (Å²) in [5.41, 5.74) is 5.43. The van der Waals surface area contributed by atoms with E-state index < -0.39 is 0 Å². The Balaban J connectivity index is 1.26. The van der Waals surface area contributed by atoms with Crippen molar-refractivity contribution >= 4 is 62.2 Å². The standard InChI is InChI=1S/C25H26ClN7OS/c1-33-15-35-22-12-19(5-6-21(22)33)30-23-20(26)14-29-25(32-23)31-18-4-2-3-17(11-18)24(34)28-13-16-7-9-27-10-8-16/h2-6,11-12,14-16,27H,7-10,13H2,1H3,(H2-,28,29,30,31,32,34)/p+1. The van der Waals surface area contributed by atoms with E-state index >= 15 is 0 Å². The van der Waals surface area contributed by atoms with Gasteiger partial charge in [0.1, 0.15) is 16.8 Å². The summed E-state index contributed by atoms with van der Waals surface area (Å²) < 4.78 is 3.25. The number of piperidine rings is 1. The van der Waals surface area contributed by atoms with E-state index in [0.29, 0.717) is 34.8 Å². The van der Waals surface area contributed by atoms with E-state index in [2.05, 4.69) is 53.4 Å². The molecule has 1 aliphatic rings. The molecule has 35 heavy (non-hydrogen) atoms. The molecule has 0 aliphatic carbocycles. The van der Waals surface area contributed by atoms with Gasteiger partial charge in [0.25, 0.3) is 5.91 Å². The Morgan fingerprint density at radius 1 is 1.17 bits per heavy atom. The molecule has 3 heterocycles. The van der Waals surface area contributed by atoms with Crippen molar-refractivity contribution in [2.24, 2.45) is 13.0 Å². The summed E-state index contributed by atoms with van der Waals surface area (Å²) in [5.74, 6) is 1.33. The van der Waals surface area contributed by atoms with Crippen LogP contribution in [0.15, 0.2) is 54.2 Å². The Bertz CT molecular complexity index is 1350. The van der Waals surface area contributed by atoms with Gasteiger partial charge in [-0.3, -0.25) is 4.79 Å². The monoisotopic (exact) mass is 508 g/mol. The number of fused-ring (bicyclic) bond motifs is 1. The van der Waals surface area contributed by atoms with Crippen LogP contribution in [0.25, 0.3) is 10.2 Å². The molecule has 5 rings (SSSR count). The second kappa shape index (κ2) is 10.6. The zero-order chi connectivity index (χ0) is 24.2. The maximum absolute atomic E-state index is 12.7. The quantitative estimate of drug-likeness (QED) is 0.277. The zero-order valence-corrected chi connectivity index (χ0v) is 20.9. The van der Waals surface area contributed by atoms with Crippen LogP contribution in [0.4, 0.5) is 23.1 Å². The normalized spacial score (nSPS) is 14.1. The number of aromatic nitrogens is 3. The number of halogens is 1. The predicted molar refractivity (Wildman–Crippen MR) is 141 cm³/mol. The maximum atomic E-state index is 12.7. The summed E-state index contributed by atoms with van der Waals surface area (Å²) in [4.78, 5) is 21.5. The molecule has 0 radical (unpaired) electrons. The van der Waals surface area contributed by atoms with Crippen molar-refractivity contribution in [3.63, 3.8) is 0 Å². The van der Waals surface area contributed by atoms with E-state index in [0.717, 1.165) is 47.5 Å². The number of carbonyl (C=O) groups excluding carboxylic acids is 1. The topological polar surface area (TPSA) is 94.8 Å². The first-order valence-corrected chi connectivity index (χ1v) is 12.8. The van der Waals surface area contributed by atoms with E-state index in [1.165, 1.54) is 0 Å². The van der Waals surface area contributed by atoms with Crippen LogP contribution in [0.3, 0.4) is 0 Å². The van der Waals surface area contributed by atoms with E-state index in [1.807, 2.05) is 25.2 Å². The van der Waals surface area contributed by atoms with Crippen LogP contribution in [0.1, 0.15) is 23.2 Å². The Hall–Kier alpha value is -3.27. The number of carbonyl (C=O) groups is 1. The molecule has 4 N–H and O–H groups in total. The van der Waals surface area contributed by atoms with Crippen molar-refractivity contribution in [2.45, 2.75) is 12.8 Å². The Kier molecular flexibility index (Phi) is 7.08. The Labute approximate surface area is 212 Å². The van der Waals surface area contributed by atoms with Crippen LogP contribution in [-0.4, -0.2) is 35.5 Å². The average molecular weight is 509 g/mol. The van der Waals surface area contributed by atoms with Crippen molar-refractivity contribution in [1.29, 1.82) is 0 Å². The van der Waals surface area contributed by atoms with Crippen LogP contribution < -0.4 is 25.8 Å². The third-order valence-corrected chi connectivity index (χ3v) is 7.35. The lowest BCUT2D eigenvalue weighted by atomic mass is 9.98. The highest BCUT2D eigenvalue weighted by Crippen LogP contribution is 2.27. The van der Waals surface area contributed by atoms with E-state index in [-0.39, 0.29) is 5.91 Å². The van der Waals surface area contributed by atoms with Crippen LogP contribution in [0, 0.1) is 5.92 Å². The number of aryl methyl sites for hydroxylation is 1. The third kappa shape index (κ3) is 5.70. The van der Waals surface area contributed by atoms with Gasteiger partial charge in [-0.05, 0) is 62.2 Å². The van der Waals surface area contributed by atoms with E-state index in [9.17, 15) is 4.79 Å². The zero-order valence-electron chi connectivity index (χ0n) is 19.3. The molecule has 10 heteroatoms. The summed E-state index contributed by atoms with van der Waals surface area (Å²) >= 11 is 8.04. The van der Waals surface area contributed by atoms with Crippen molar-refractivity contribution in [3.05, 3.63) is 64.8 Å². The highest BCUT2D eigenvalue weighted by Gasteiger charge is 2.15. The molecule has 8 nitrogen and oxygen atoms in total. The molecule has 4 aromatic rings. The van der Waals surface area contributed by atoms with Gasteiger partial charge in [0, 0.05) is 29.5 Å². The van der Waals surface area contributed by atoms with Gasteiger partial charge in [0.15, 0.2) is 5.82 Å². The number of benzene rings is 2. The fraction of sp³-hybridized carbons (Fsp3) is 0.280. The second-order valence-corrected chi connectivity index (χ2v) is 9.93.